The number of benzene rings is 1. The number of anilines is 2. The third kappa shape index (κ3) is 2.33. The third-order valence-electron chi connectivity index (χ3n) is 2.76. The van der Waals surface area contributed by atoms with Crippen LogP contribution in [0.1, 0.15) is 18.4 Å². The summed E-state index contributed by atoms with van der Waals surface area (Å²) in [7, 11) is 0. The van der Waals surface area contributed by atoms with Crippen molar-refractivity contribution in [1.29, 1.82) is 0 Å². The van der Waals surface area contributed by atoms with Crippen molar-refractivity contribution in [1.82, 2.24) is 0 Å². The van der Waals surface area contributed by atoms with Crippen LogP contribution in [-0.4, -0.2) is 18.6 Å². The van der Waals surface area contributed by atoms with E-state index in [1.165, 1.54) is 0 Å². The van der Waals surface area contributed by atoms with Crippen LogP contribution in [-0.2, 0) is 9.53 Å². The summed E-state index contributed by atoms with van der Waals surface area (Å²) >= 11 is 0. The van der Waals surface area contributed by atoms with Gasteiger partial charge in [0.15, 0.2) is 0 Å². The number of nitrogen functional groups attached to an aromatic ring is 1. The Morgan fingerprint density at radius 1 is 1.56 bits per heavy atom. The van der Waals surface area contributed by atoms with Crippen LogP contribution in [0, 0.1) is 6.92 Å². The Labute approximate surface area is 94.8 Å². The first kappa shape index (κ1) is 11.0. The molecule has 0 aliphatic carbocycles. The minimum absolute atomic E-state index is 0.0679. The number of ether oxygens (including phenoxy) is 1. The highest BCUT2D eigenvalue weighted by Crippen LogP contribution is 2.18. The smallest absolute Gasteiger partial charge is 0.253 e. The second-order valence-corrected chi connectivity index (χ2v) is 4.06. The van der Waals surface area contributed by atoms with Crippen LogP contribution < -0.4 is 11.1 Å². The Bertz CT molecular complexity index is 398. The number of nitrogens with two attached hydrogens (primary N) is 1. The van der Waals surface area contributed by atoms with Crippen molar-refractivity contribution in [2.24, 2.45) is 0 Å². The van der Waals surface area contributed by atoms with Crippen LogP contribution >= 0.6 is 0 Å². The monoisotopic (exact) mass is 220 g/mol. The first-order valence-electron chi connectivity index (χ1n) is 5.45. The quantitative estimate of drug-likeness (QED) is 0.745. The average molecular weight is 220 g/mol. The van der Waals surface area contributed by atoms with E-state index in [9.17, 15) is 4.79 Å². The maximum absolute atomic E-state index is 11.7. The first-order valence-corrected chi connectivity index (χ1v) is 5.45. The molecule has 4 nitrogen and oxygen atoms in total. The molecule has 3 N–H and O–H groups in total. The minimum Gasteiger partial charge on any atom is -0.399 e. The van der Waals surface area contributed by atoms with E-state index >= 15 is 0 Å². The summed E-state index contributed by atoms with van der Waals surface area (Å²) in [6.07, 6.45) is 1.47. The van der Waals surface area contributed by atoms with Gasteiger partial charge in [0.05, 0.1) is 0 Å². The van der Waals surface area contributed by atoms with Gasteiger partial charge >= 0.3 is 0 Å². The number of aryl methyl sites for hydroxylation is 1. The molecule has 0 radical (unpaired) electrons. The molecule has 4 heteroatoms. The normalized spacial score (nSPS) is 19.7. The molecule has 0 spiro atoms. The van der Waals surface area contributed by atoms with Gasteiger partial charge in [0.2, 0.25) is 0 Å². The fourth-order valence-corrected chi connectivity index (χ4v) is 1.76. The van der Waals surface area contributed by atoms with E-state index in [-0.39, 0.29) is 12.0 Å². The molecule has 0 bridgehead atoms. The van der Waals surface area contributed by atoms with Crippen molar-refractivity contribution < 1.29 is 9.53 Å². The fourth-order valence-electron chi connectivity index (χ4n) is 1.76. The first-order chi connectivity index (χ1) is 7.66. The topological polar surface area (TPSA) is 64.3 Å². The van der Waals surface area contributed by atoms with E-state index in [1.807, 2.05) is 13.0 Å². The lowest BCUT2D eigenvalue weighted by Crippen LogP contribution is -2.26. The van der Waals surface area contributed by atoms with Gasteiger partial charge in [-0.2, -0.15) is 0 Å². The molecule has 2 rings (SSSR count). The molecule has 1 aliphatic heterocycles. The number of hydrogen-bond donors (Lipinski definition) is 2. The Morgan fingerprint density at radius 3 is 3.00 bits per heavy atom. The van der Waals surface area contributed by atoms with Crippen molar-refractivity contribution in [3.63, 3.8) is 0 Å². The van der Waals surface area contributed by atoms with Gasteiger partial charge in [0.25, 0.3) is 5.91 Å². The Kier molecular flexibility index (Phi) is 3.10. The van der Waals surface area contributed by atoms with E-state index in [0.29, 0.717) is 6.61 Å². The molecular weight excluding hydrogens is 204 g/mol. The molecule has 1 aromatic rings. The van der Waals surface area contributed by atoms with Gasteiger partial charge in [-0.1, -0.05) is 0 Å². The van der Waals surface area contributed by atoms with Crippen molar-refractivity contribution in [3.05, 3.63) is 23.8 Å². The van der Waals surface area contributed by atoms with E-state index in [1.54, 1.807) is 12.1 Å². The largest absolute Gasteiger partial charge is 0.399 e. The molecule has 1 aliphatic rings. The summed E-state index contributed by atoms with van der Waals surface area (Å²) in [5.74, 6) is -0.0679. The lowest BCUT2D eigenvalue weighted by Gasteiger charge is -2.11. The van der Waals surface area contributed by atoms with Gasteiger partial charge in [-0.3, -0.25) is 4.79 Å². The minimum atomic E-state index is -0.294. The number of rotatable bonds is 2. The number of carbonyl (C=O) groups excluding carboxylic acids is 1. The van der Waals surface area contributed by atoms with Crippen LogP contribution in [0.3, 0.4) is 0 Å². The molecule has 0 unspecified atom stereocenters. The molecule has 1 fully saturated rings. The average Bonchev–Trinajstić information content (AvgIpc) is 2.77. The molecule has 1 atom stereocenters. The van der Waals surface area contributed by atoms with Crippen molar-refractivity contribution in [3.8, 4) is 0 Å². The molecule has 86 valence electrons. The number of hydrogen-bond acceptors (Lipinski definition) is 3. The zero-order chi connectivity index (χ0) is 11.5. The second-order valence-electron chi connectivity index (χ2n) is 4.06. The summed E-state index contributed by atoms with van der Waals surface area (Å²) < 4.78 is 5.30. The summed E-state index contributed by atoms with van der Waals surface area (Å²) in [6, 6.07) is 5.46. The molecule has 0 aromatic heterocycles. The Hall–Kier alpha value is -1.55. The summed E-state index contributed by atoms with van der Waals surface area (Å²) in [5.41, 5.74) is 8.17. The van der Waals surface area contributed by atoms with Crippen LogP contribution in [0.2, 0.25) is 0 Å². The summed E-state index contributed by atoms with van der Waals surface area (Å²) in [4.78, 5) is 11.7. The summed E-state index contributed by atoms with van der Waals surface area (Å²) in [6.45, 7) is 2.59. The zero-order valence-corrected chi connectivity index (χ0v) is 9.32. The molecule has 1 amide bonds. The number of nitrogens with one attached hydrogen (secondary N) is 1. The number of amides is 1. The predicted octanol–water partition coefficient (Wildman–Crippen LogP) is 1.69. The van der Waals surface area contributed by atoms with Gasteiger partial charge in [0, 0.05) is 18.0 Å². The van der Waals surface area contributed by atoms with Crippen LogP contribution in [0.4, 0.5) is 11.4 Å². The molecule has 1 heterocycles. The predicted molar refractivity (Wildman–Crippen MR) is 63.2 cm³/mol. The van der Waals surface area contributed by atoms with E-state index < -0.39 is 0 Å². The molecular formula is C12H16N2O2. The van der Waals surface area contributed by atoms with Crippen LogP contribution in [0.15, 0.2) is 18.2 Å². The van der Waals surface area contributed by atoms with E-state index in [4.69, 9.17) is 10.5 Å². The summed E-state index contributed by atoms with van der Waals surface area (Å²) in [5, 5.41) is 2.83. The lowest BCUT2D eigenvalue weighted by atomic mass is 10.1. The van der Waals surface area contributed by atoms with Crippen LogP contribution in [0.25, 0.3) is 0 Å². The van der Waals surface area contributed by atoms with Crippen molar-refractivity contribution in [2.75, 3.05) is 17.7 Å². The third-order valence-corrected chi connectivity index (χ3v) is 2.76. The highest BCUT2D eigenvalue weighted by molar-refractivity contribution is 5.94. The highest BCUT2D eigenvalue weighted by atomic mass is 16.5. The van der Waals surface area contributed by atoms with Gasteiger partial charge in [-0.15, -0.1) is 0 Å². The van der Waals surface area contributed by atoms with Gasteiger partial charge < -0.3 is 15.8 Å². The van der Waals surface area contributed by atoms with Crippen LogP contribution in [0.5, 0.6) is 0 Å². The number of carbonyl (C=O) groups is 1. The molecule has 16 heavy (non-hydrogen) atoms. The Morgan fingerprint density at radius 2 is 2.38 bits per heavy atom. The highest BCUT2D eigenvalue weighted by Gasteiger charge is 2.23. The molecule has 1 aromatic carbocycles. The second kappa shape index (κ2) is 4.53. The van der Waals surface area contributed by atoms with Crippen molar-refractivity contribution in [2.45, 2.75) is 25.9 Å². The molecule has 0 saturated carbocycles. The fraction of sp³-hybridized carbons (Fsp3) is 0.417. The van der Waals surface area contributed by atoms with Gasteiger partial charge in [-0.25, -0.2) is 0 Å². The standard InChI is InChI=1S/C12H16N2O2/c1-8-7-9(4-5-10(8)13)14-12(15)11-3-2-6-16-11/h4-5,7,11H,2-3,6,13H2,1H3,(H,14,15)/t11-/m0/s1. The van der Waals surface area contributed by atoms with Gasteiger partial charge in [0.1, 0.15) is 6.10 Å². The van der Waals surface area contributed by atoms with E-state index in [0.717, 1.165) is 29.8 Å². The van der Waals surface area contributed by atoms with Crippen molar-refractivity contribution >= 4 is 17.3 Å². The maximum Gasteiger partial charge on any atom is 0.253 e. The molecule has 1 saturated heterocycles. The zero-order valence-electron chi connectivity index (χ0n) is 9.32. The SMILES string of the molecule is Cc1cc(NC(=O)[C@@H]2CCCO2)ccc1N. The maximum atomic E-state index is 11.7. The van der Waals surface area contributed by atoms with Gasteiger partial charge in [-0.05, 0) is 43.5 Å². The Balaban J connectivity index is 2.02. The lowest BCUT2D eigenvalue weighted by molar-refractivity contribution is -0.124. The van der Waals surface area contributed by atoms with E-state index in [2.05, 4.69) is 5.32 Å².